The number of unbranched alkanes of at least 4 members (excludes halogenated alkanes) is 1. The predicted molar refractivity (Wildman–Crippen MR) is 74.5 cm³/mol. The van der Waals surface area contributed by atoms with Gasteiger partial charge in [-0.25, -0.2) is 0 Å². The molecule has 1 aromatic carbocycles. The van der Waals surface area contributed by atoms with Crippen LogP contribution in [0.25, 0.3) is 0 Å². The van der Waals surface area contributed by atoms with Crippen molar-refractivity contribution in [3.05, 3.63) is 29.8 Å². The molecule has 0 aliphatic heterocycles. The maximum atomic E-state index is 10.1. The van der Waals surface area contributed by atoms with E-state index in [9.17, 15) is 5.11 Å². The summed E-state index contributed by atoms with van der Waals surface area (Å²) in [5.41, 5.74) is 2.26. The summed E-state index contributed by atoms with van der Waals surface area (Å²) in [7, 11) is 0. The lowest BCUT2D eigenvalue weighted by atomic mass is 10.0. The molecule has 2 heteroatoms. The van der Waals surface area contributed by atoms with Gasteiger partial charge in [-0.3, -0.25) is 0 Å². The SMILES string of the molecule is CCCCN(CC)c1ccccc1C(O)CC. The summed E-state index contributed by atoms with van der Waals surface area (Å²) in [6.07, 6.45) is 2.82. The van der Waals surface area contributed by atoms with Gasteiger partial charge in [-0.1, -0.05) is 38.5 Å². The molecule has 0 heterocycles. The Bertz CT molecular complexity index is 324. The van der Waals surface area contributed by atoms with Crippen molar-refractivity contribution in [2.75, 3.05) is 18.0 Å². The minimum Gasteiger partial charge on any atom is -0.388 e. The lowest BCUT2D eigenvalue weighted by Gasteiger charge is -2.27. The van der Waals surface area contributed by atoms with Crippen molar-refractivity contribution in [2.45, 2.75) is 46.1 Å². The van der Waals surface area contributed by atoms with Gasteiger partial charge in [-0.15, -0.1) is 0 Å². The predicted octanol–water partition coefficient (Wildman–Crippen LogP) is 3.76. The number of para-hydroxylation sites is 1. The summed E-state index contributed by atoms with van der Waals surface area (Å²) in [6, 6.07) is 8.21. The summed E-state index contributed by atoms with van der Waals surface area (Å²) in [4.78, 5) is 2.36. The van der Waals surface area contributed by atoms with Crippen molar-refractivity contribution >= 4 is 5.69 Å². The van der Waals surface area contributed by atoms with Crippen LogP contribution in [0.3, 0.4) is 0 Å². The third kappa shape index (κ3) is 3.74. The minimum atomic E-state index is -0.345. The molecule has 0 amide bonds. The first kappa shape index (κ1) is 14.0. The fourth-order valence-electron chi connectivity index (χ4n) is 2.08. The maximum Gasteiger partial charge on any atom is 0.0807 e. The average molecular weight is 235 g/mol. The van der Waals surface area contributed by atoms with Crippen molar-refractivity contribution < 1.29 is 5.11 Å². The van der Waals surface area contributed by atoms with Crippen LogP contribution >= 0.6 is 0 Å². The van der Waals surface area contributed by atoms with Gasteiger partial charge in [0.25, 0.3) is 0 Å². The summed E-state index contributed by atoms with van der Waals surface area (Å²) in [5.74, 6) is 0. The molecule has 1 rings (SSSR count). The van der Waals surface area contributed by atoms with Gasteiger partial charge >= 0.3 is 0 Å². The Labute approximate surface area is 105 Å². The van der Waals surface area contributed by atoms with Gasteiger partial charge in [0, 0.05) is 24.3 Å². The molecular weight excluding hydrogens is 210 g/mol. The Morgan fingerprint density at radius 2 is 1.88 bits per heavy atom. The molecule has 1 atom stereocenters. The quantitative estimate of drug-likeness (QED) is 0.778. The van der Waals surface area contributed by atoms with E-state index in [1.165, 1.54) is 18.5 Å². The molecule has 0 saturated carbocycles. The van der Waals surface area contributed by atoms with E-state index in [-0.39, 0.29) is 6.10 Å². The molecule has 0 aliphatic carbocycles. The zero-order valence-corrected chi connectivity index (χ0v) is 11.3. The second-order valence-corrected chi connectivity index (χ2v) is 4.42. The molecule has 0 saturated heterocycles. The summed E-state index contributed by atoms with van der Waals surface area (Å²) in [5, 5.41) is 10.1. The first-order valence-electron chi connectivity index (χ1n) is 6.76. The lowest BCUT2D eigenvalue weighted by molar-refractivity contribution is 0.174. The number of anilines is 1. The molecule has 1 N–H and O–H groups in total. The van der Waals surface area contributed by atoms with Gasteiger partial charge in [0.05, 0.1) is 6.10 Å². The third-order valence-electron chi connectivity index (χ3n) is 3.19. The Morgan fingerprint density at radius 1 is 1.18 bits per heavy atom. The highest BCUT2D eigenvalue weighted by Crippen LogP contribution is 2.28. The molecule has 0 fully saturated rings. The van der Waals surface area contributed by atoms with E-state index in [0.29, 0.717) is 0 Å². The van der Waals surface area contributed by atoms with Gasteiger partial charge in [0.2, 0.25) is 0 Å². The fourth-order valence-corrected chi connectivity index (χ4v) is 2.08. The Kier molecular flexibility index (Phi) is 6.06. The van der Waals surface area contributed by atoms with Crippen LogP contribution in [0, 0.1) is 0 Å². The number of benzene rings is 1. The molecule has 96 valence electrons. The van der Waals surface area contributed by atoms with E-state index in [1.807, 2.05) is 19.1 Å². The Hall–Kier alpha value is -1.02. The summed E-state index contributed by atoms with van der Waals surface area (Å²) < 4.78 is 0. The van der Waals surface area contributed by atoms with Crippen molar-refractivity contribution in [1.29, 1.82) is 0 Å². The van der Waals surface area contributed by atoms with Crippen molar-refractivity contribution in [1.82, 2.24) is 0 Å². The summed E-state index contributed by atoms with van der Waals surface area (Å²) in [6.45, 7) is 8.46. The molecule has 1 aromatic rings. The second-order valence-electron chi connectivity index (χ2n) is 4.42. The van der Waals surface area contributed by atoms with Crippen LogP contribution in [0.15, 0.2) is 24.3 Å². The summed E-state index contributed by atoms with van der Waals surface area (Å²) >= 11 is 0. The van der Waals surface area contributed by atoms with E-state index in [0.717, 1.165) is 25.1 Å². The number of nitrogens with zero attached hydrogens (tertiary/aromatic N) is 1. The van der Waals surface area contributed by atoms with Crippen molar-refractivity contribution in [3.63, 3.8) is 0 Å². The molecule has 2 nitrogen and oxygen atoms in total. The van der Waals surface area contributed by atoms with Crippen molar-refractivity contribution in [3.8, 4) is 0 Å². The molecule has 0 aliphatic rings. The average Bonchev–Trinajstić information content (AvgIpc) is 2.39. The molecule has 0 aromatic heterocycles. The number of aliphatic hydroxyl groups excluding tert-OH is 1. The minimum absolute atomic E-state index is 0.345. The first-order valence-corrected chi connectivity index (χ1v) is 6.76. The second kappa shape index (κ2) is 7.33. The molecule has 1 unspecified atom stereocenters. The zero-order chi connectivity index (χ0) is 12.7. The zero-order valence-electron chi connectivity index (χ0n) is 11.3. The van der Waals surface area contributed by atoms with Crippen LogP contribution in [-0.4, -0.2) is 18.2 Å². The van der Waals surface area contributed by atoms with Gasteiger partial charge in [0.15, 0.2) is 0 Å². The van der Waals surface area contributed by atoms with Crippen LogP contribution in [-0.2, 0) is 0 Å². The van der Waals surface area contributed by atoms with E-state index < -0.39 is 0 Å². The molecular formula is C15H25NO. The largest absolute Gasteiger partial charge is 0.388 e. The fraction of sp³-hybridized carbons (Fsp3) is 0.600. The number of aliphatic hydroxyl groups is 1. The van der Waals surface area contributed by atoms with E-state index in [1.54, 1.807) is 0 Å². The van der Waals surface area contributed by atoms with Gasteiger partial charge in [0.1, 0.15) is 0 Å². The van der Waals surface area contributed by atoms with Crippen LogP contribution in [0.1, 0.15) is 51.7 Å². The topological polar surface area (TPSA) is 23.5 Å². The van der Waals surface area contributed by atoms with Gasteiger partial charge < -0.3 is 10.0 Å². The first-order chi connectivity index (χ1) is 8.24. The van der Waals surface area contributed by atoms with Crippen LogP contribution in [0.4, 0.5) is 5.69 Å². The van der Waals surface area contributed by atoms with E-state index in [2.05, 4.69) is 30.9 Å². The number of hydrogen-bond donors (Lipinski definition) is 1. The maximum absolute atomic E-state index is 10.1. The highest BCUT2D eigenvalue weighted by atomic mass is 16.3. The molecule has 0 spiro atoms. The van der Waals surface area contributed by atoms with E-state index >= 15 is 0 Å². The van der Waals surface area contributed by atoms with Crippen molar-refractivity contribution in [2.24, 2.45) is 0 Å². The third-order valence-corrected chi connectivity index (χ3v) is 3.19. The normalized spacial score (nSPS) is 12.5. The molecule has 17 heavy (non-hydrogen) atoms. The number of hydrogen-bond acceptors (Lipinski definition) is 2. The lowest BCUT2D eigenvalue weighted by Crippen LogP contribution is -2.25. The van der Waals surface area contributed by atoms with E-state index in [4.69, 9.17) is 0 Å². The Balaban J connectivity index is 2.93. The van der Waals surface area contributed by atoms with Gasteiger partial charge in [-0.2, -0.15) is 0 Å². The Morgan fingerprint density at radius 3 is 2.47 bits per heavy atom. The molecule has 0 radical (unpaired) electrons. The van der Waals surface area contributed by atoms with Crippen LogP contribution in [0.5, 0.6) is 0 Å². The van der Waals surface area contributed by atoms with Crippen LogP contribution in [0.2, 0.25) is 0 Å². The number of rotatable bonds is 7. The monoisotopic (exact) mass is 235 g/mol. The smallest absolute Gasteiger partial charge is 0.0807 e. The van der Waals surface area contributed by atoms with Gasteiger partial charge in [-0.05, 0) is 25.8 Å². The van der Waals surface area contributed by atoms with Crippen LogP contribution < -0.4 is 4.90 Å². The standard InChI is InChI=1S/C15H25NO/c1-4-7-12-16(6-3)14-11-9-8-10-13(14)15(17)5-2/h8-11,15,17H,4-7,12H2,1-3H3. The molecule has 0 bridgehead atoms. The highest BCUT2D eigenvalue weighted by molar-refractivity contribution is 5.54. The highest BCUT2D eigenvalue weighted by Gasteiger charge is 2.13.